The Balaban J connectivity index is 1.53. The predicted molar refractivity (Wildman–Crippen MR) is 113 cm³/mol. The molecule has 0 aliphatic carbocycles. The molecule has 0 heterocycles. The molecule has 0 aliphatic rings. The summed E-state index contributed by atoms with van der Waals surface area (Å²) in [6, 6.07) is 22.7. The van der Waals surface area contributed by atoms with Crippen LogP contribution in [0.2, 0.25) is 0 Å². The fourth-order valence-electron chi connectivity index (χ4n) is 2.81. The van der Waals surface area contributed by atoms with Crippen molar-refractivity contribution in [3.05, 3.63) is 89.5 Å². The molecular weight excluding hydrogens is 380 g/mol. The topological polar surface area (TPSA) is 88.4 Å². The summed E-state index contributed by atoms with van der Waals surface area (Å²) in [7, 11) is 1.51. The van der Waals surface area contributed by atoms with Gasteiger partial charge in [0, 0.05) is 12.1 Å². The van der Waals surface area contributed by atoms with Crippen molar-refractivity contribution in [3.8, 4) is 17.6 Å². The number of hydrogen-bond donors (Lipinski definition) is 1. The zero-order valence-electron chi connectivity index (χ0n) is 16.4. The number of benzene rings is 3. The summed E-state index contributed by atoms with van der Waals surface area (Å²) in [6.07, 6.45) is 0.746. The van der Waals surface area contributed by atoms with E-state index < -0.39 is 0 Å². The van der Waals surface area contributed by atoms with Crippen molar-refractivity contribution in [1.29, 1.82) is 5.26 Å². The van der Waals surface area contributed by atoms with Crippen molar-refractivity contribution in [2.45, 2.75) is 12.8 Å². The molecule has 6 heteroatoms. The second kappa shape index (κ2) is 9.89. The van der Waals surface area contributed by atoms with Crippen LogP contribution in [0.4, 0.5) is 5.69 Å². The van der Waals surface area contributed by atoms with Crippen molar-refractivity contribution in [3.63, 3.8) is 0 Å². The molecule has 30 heavy (non-hydrogen) atoms. The first-order valence-corrected chi connectivity index (χ1v) is 9.33. The number of carbonyl (C=O) groups excluding carboxylic acids is 2. The maximum atomic E-state index is 12.4. The van der Waals surface area contributed by atoms with E-state index in [1.54, 1.807) is 60.7 Å². The number of amides is 1. The lowest BCUT2D eigenvalue weighted by Gasteiger charge is -2.10. The Morgan fingerprint density at radius 3 is 2.33 bits per heavy atom. The van der Waals surface area contributed by atoms with Crippen LogP contribution in [0.3, 0.4) is 0 Å². The van der Waals surface area contributed by atoms with Gasteiger partial charge in [-0.05, 0) is 60.5 Å². The van der Waals surface area contributed by atoms with Crippen LogP contribution in [0.25, 0.3) is 0 Å². The van der Waals surface area contributed by atoms with Crippen molar-refractivity contribution < 1.29 is 19.1 Å². The van der Waals surface area contributed by atoms with Crippen molar-refractivity contribution in [2.24, 2.45) is 0 Å². The van der Waals surface area contributed by atoms with E-state index in [9.17, 15) is 9.59 Å². The molecule has 0 atom stereocenters. The number of carbonyl (C=O) groups is 2. The molecule has 0 saturated heterocycles. The van der Waals surface area contributed by atoms with Gasteiger partial charge in [-0.25, -0.2) is 0 Å². The van der Waals surface area contributed by atoms with E-state index in [1.165, 1.54) is 7.11 Å². The lowest BCUT2D eigenvalue weighted by atomic mass is 10.1. The van der Waals surface area contributed by atoms with Crippen LogP contribution in [0.15, 0.2) is 72.8 Å². The fraction of sp³-hybridized carbons (Fsp3) is 0.125. The zero-order chi connectivity index (χ0) is 21.3. The first kappa shape index (κ1) is 20.6. The van der Waals surface area contributed by atoms with Gasteiger partial charge in [0.15, 0.2) is 0 Å². The third kappa shape index (κ3) is 5.46. The van der Waals surface area contributed by atoms with Crippen LogP contribution in [0.1, 0.15) is 27.9 Å². The van der Waals surface area contributed by atoms with Crippen molar-refractivity contribution >= 4 is 17.6 Å². The number of nitrogens with one attached hydrogen (secondary N) is 1. The van der Waals surface area contributed by atoms with E-state index in [0.29, 0.717) is 34.7 Å². The Morgan fingerprint density at radius 2 is 1.67 bits per heavy atom. The predicted octanol–water partition coefficient (Wildman–Crippen LogP) is 4.36. The number of rotatable bonds is 7. The minimum absolute atomic E-state index is 0.220. The second-order valence-electron chi connectivity index (χ2n) is 6.46. The number of aryl methyl sites for hydroxylation is 1. The van der Waals surface area contributed by atoms with Crippen LogP contribution in [0.5, 0.6) is 11.5 Å². The largest absolute Gasteiger partial charge is 0.496 e. The Morgan fingerprint density at radius 1 is 0.967 bits per heavy atom. The van der Waals surface area contributed by atoms with Crippen LogP contribution in [-0.2, 0) is 11.2 Å². The highest BCUT2D eigenvalue weighted by Gasteiger charge is 2.12. The molecule has 0 aromatic heterocycles. The first-order valence-electron chi connectivity index (χ1n) is 9.33. The number of methoxy groups -OCH3 is 1. The quantitative estimate of drug-likeness (QED) is 0.470. The minimum Gasteiger partial charge on any atom is -0.496 e. The monoisotopic (exact) mass is 400 g/mol. The minimum atomic E-state index is -0.356. The summed E-state index contributed by atoms with van der Waals surface area (Å²) in [6.45, 7) is 0. The molecule has 6 nitrogen and oxygen atoms in total. The van der Waals surface area contributed by atoms with E-state index in [1.807, 2.05) is 12.1 Å². The van der Waals surface area contributed by atoms with E-state index in [-0.39, 0.29) is 18.3 Å². The molecule has 0 aliphatic heterocycles. The highest BCUT2D eigenvalue weighted by Crippen LogP contribution is 2.21. The van der Waals surface area contributed by atoms with E-state index >= 15 is 0 Å². The normalized spacial score (nSPS) is 10.0. The van der Waals surface area contributed by atoms with Gasteiger partial charge in [0.1, 0.15) is 11.5 Å². The number of nitriles is 1. The van der Waals surface area contributed by atoms with Gasteiger partial charge in [0.05, 0.1) is 24.3 Å². The van der Waals surface area contributed by atoms with E-state index in [4.69, 9.17) is 14.7 Å². The molecule has 150 valence electrons. The maximum absolute atomic E-state index is 12.4. The molecule has 0 fully saturated rings. The fourth-order valence-corrected chi connectivity index (χ4v) is 2.81. The molecule has 0 unspecified atom stereocenters. The number of anilines is 1. The highest BCUT2D eigenvalue weighted by molar-refractivity contribution is 6.06. The van der Waals surface area contributed by atoms with Crippen LogP contribution in [-0.4, -0.2) is 19.0 Å². The van der Waals surface area contributed by atoms with Gasteiger partial charge in [-0.3, -0.25) is 9.59 Å². The lowest BCUT2D eigenvalue weighted by Crippen LogP contribution is -2.13. The standard InChI is InChI=1S/C24H20N2O4/c1-29-22-5-3-2-4-21(22)24(28)26-19-11-13-20(14-12-19)30-23(27)15-10-17-6-8-18(16-25)9-7-17/h2-9,11-14H,10,15H2,1H3,(H,26,28). The number of ether oxygens (including phenoxy) is 2. The van der Waals surface area contributed by atoms with Gasteiger partial charge in [0.25, 0.3) is 5.91 Å². The summed E-state index contributed by atoms with van der Waals surface area (Å²) < 4.78 is 10.5. The highest BCUT2D eigenvalue weighted by atomic mass is 16.5. The molecule has 3 aromatic rings. The molecule has 0 bridgehead atoms. The van der Waals surface area contributed by atoms with E-state index in [0.717, 1.165) is 5.56 Å². The summed E-state index contributed by atoms with van der Waals surface area (Å²) in [4.78, 5) is 24.5. The number of para-hydroxylation sites is 1. The Labute approximate surface area is 174 Å². The number of esters is 1. The molecule has 0 spiro atoms. The van der Waals surface area contributed by atoms with Crippen molar-refractivity contribution in [1.82, 2.24) is 0 Å². The molecular formula is C24H20N2O4. The second-order valence-corrected chi connectivity index (χ2v) is 6.46. The van der Waals surface area contributed by atoms with Gasteiger partial charge < -0.3 is 14.8 Å². The smallest absolute Gasteiger partial charge is 0.311 e. The number of hydrogen-bond acceptors (Lipinski definition) is 5. The number of nitrogens with zero attached hydrogens (tertiary/aromatic N) is 1. The lowest BCUT2D eigenvalue weighted by molar-refractivity contribution is -0.134. The van der Waals surface area contributed by atoms with Gasteiger partial charge in [-0.15, -0.1) is 0 Å². The molecule has 3 rings (SSSR count). The summed E-state index contributed by atoms with van der Waals surface area (Å²) in [5.74, 6) is 0.239. The maximum Gasteiger partial charge on any atom is 0.311 e. The van der Waals surface area contributed by atoms with Gasteiger partial charge in [-0.1, -0.05) is 24.3 Å². The summed E-state index contributed by atoms with van der Waals surface area (Å²) >= 11 is 0. The summed E-state index contributed by atoms with van der Waals surface area (Å²) in [5, 5.41) is 11.6. The third-order valence-electron chi connectivity index (χ3n) is 4.40. The molecule has 0 saturated carbocycles. The van der Waals surface area contributed by atoms with Crippen molar-refractivity contribution in [2.75, 3.05) is 12.4 Å². The molecule has 1 N–H and O–H groups in total. The van der Waals surface area contributed by atoms with Gasteiger partial charge in [0.2, 0.25) is 0 Å². The third-order valence-corrected chi connectivity index (χ3v) is 4.40. The van der Waals surface area contributed by atoms with Crippen LogP contribution >= 0.6 is 0 Å². The first-order chi connectivity index (χ1) is 14.6. The van der Waals surface area contributed by atoms with Crippen LogP contribution in [0, 0.1) is 11.3 Å². The SMILES string of the molecule is COc1ccccc1C(=O)Nc1ccc(OC(=O)CCc2ccc(C#N)cc2)cc1. The van der Waals surface area contributed by atoms with Crippen LogP contribution < -0.4 is 14.8 Å². The Hall–Kier alpha value is -4.11. The zero-order valence-corrected chi connectivity index (χ0v) is 16.4. The van der Waals surface area contributed by atoms with E-state index in [2.05, 4.69) is 11.4 Å². The molecule has 1 amide bonds. The molecule has 0 radical (unpaired) electrons. The summed E-state index contributed by atoms with van der Waals surface area (Å²) in [5.41, 5.74) is 2.54. The average Bonchev–Trinajstić information content (AvgIpc) is 2.79. The molecule has 3 aromatic carbocycles. The Bertz CT molecular complexity index is 1070. The van der Waals surface area contributed by atoms with Gasteiger partial charge >= 0.3 is 5.97 Å². The van der Waals surface area contributed by atoms with Gasteiger partial charge in [-0.2, -0.15) is 5.26 Å². The average molecular weight is 400 g/mol. The Kier molecular flexibility index (Phi) is 6.80.